The van der Waals surface area contributed by atoms with Crippen molar-refractivity contribution < 1.29 is 4.79 Å². The molecule has 0 aliphatic heterocycles. The molecule has 0 saturated heterocycles. The van der Waals surface area contributed by atoms with Crippen molar-refractivity contribution in [2.45, 2.75) is 44.6 Å². The van der Waals surface area contributed by atoms with Crippen LogP contribution in [0.25, 0.3) is 0 Å². The Labute approximate surface area is 134 Å². The Bertz CT molecular complexity index is 541. The van der Waals surface area contributed by atoms with E-state index >= 15 is 0 Å². The fourth-order valence-corrected chi connectivity index (χ4v) is 4.69. The second kappa shape index (κ2) is 7.23. The third kappa shape index (κ3) is 3.95. The molecular weight excluding hydrogens is 298 g/mol. The molecule has 1 N–H and O–H groups in total. The second-order valence-corrected chi connectivity index (χ2v) is 7.50. The molecule has 2 heterocycles. The number of aryl methyl sites for hydroxylation is 1. The van der Waals surface area contributed by atoms with Crippen LogP contribution in [-0.4, -0.2) is 5.91 Å². The minimum atomic E-state index is 0.187. The molecule has 1 atom stereocenters. The molecule has 1 saturated carbocycles. The highest BCUT2D eigenvalue weighted by Gasteiger charge is 2.28. The molecule has 1 fully saturated rings. The highest BCUT2D eigenvalue weighted by atomic mass is 32.1. The van der Waals surface area contributed by atoms with E-state index in [0.717, 1.165) is 6.42 Å². The van der Waals surface area contributed by atoms with Crippen molar-refractivity contribution in [1.82, 2.24) is 5.32 Å². The second-order valence-electron chi connectivity index (χ2n) is 5.74. The van der Waals surface area contributed by atoms with Crippen LogP contribution in [0.3, 0.4) is 0 Å². The SMILES string of the molecule is O=C(CCc1ccsc1)N[C@@H](c1cccs1)C1CCCC1. The number of hydrogen-bond acceptors (Lipinski definition) is 3. The van der Waals surface area contributed by atoms with E-state index in [1.54, 1.807) is 22.7 Å². The van der Waals surface area contributed by atoms with Gasteiger partial charge < -0.3 is 5.32 Å². The molecule has 112 valence electrons. The summed E-state index contributed by atoms with van der Waals surface area (Å²) >= 11 is 3.46. The van der Waals surface area contributed by atoms with Crippen molar-refractivity contribution in [3.63, 3.8) is 0 Å². The van der Waals surface area contributed by atoms with Gasteiger partial charge in [0.1, 0.15) is 0 Å². The van der Waals surface area contributed by atoms with E-state index in [0.29, 0.717) is 12.3 Å². The molecule has 3 rings (SSSR count). The molecule has 2 nitrogen and oxygen atoms in total. The Morgan fingerprint density at radius 3 is 2.81 bits per heavy atom. The summed E-state index contributed by atoms with van der Waals surface area (Å²) in [5.74, 6) is 0.806. The number of rotatable bonds is 6. The van der Waals surface area contributed by atoms with Gasteiger partial charge in [0, 0.05) is 11.3 Å². The van der Waals surface area contributed by atoms with E-state index in [4.69, 9.17) is 0 Å². The first-order chi connectivity index (χ1) is 10.3. The molecule has 2 aromatic heterocycles. The van der Waals surface area contributed by atoms with Gasteiger partial charge in [-0.1, -0.05) is 18.9 Å². The van der Waals surface area contributed by atoms with E-state index in [9.17, 15) is 4.79 Å². The molecule has 0 aromatic carbocycles. The number of amides is 1. The highest BCUT2D eigenvalue weighted by Crippen LogP contribution is 2.37. The van der Waals surface area contributed by atoms with Crippen LogP contribution in [0.5, 0.6) is 0 Å². The summed E-state index contributed by atoms with van der Waals surface area (Å²) in [7, 11) is 0. The quantitative estimate of drug-likeness (QED) is 0.815. The molecule has 1 aliphatic rings. The Kier molecular flexibility index (Phi) is 5.09. The van der Waals surface area contributed by atoms with Crippen molar-refractivity contribution in [2.24, 2.45) is 5.92 Å². The van der Waals surface area contributed by atoms with E-state index in [1.807, 2.05) is 0 Å². The lowest BCUT2D eigenvalue weighted by Crippen LogP contribution is -2.32. The molecule has 0 radical (unpaired) electrons. The van der Waals surface area contributed by atoms with E-state index in [-0.39, 0.29) is 11.9 Å². The van der Waals surface area contributed by atoms with Gasteiger partial charge in [0.05, 0.1) is 6.04 Å². The third-order valence-corrected chi connectivity index (χ3v) is 5.95. The van der Waals surface area contributed by atoms with Gasteiger partial charge in [-0.2, -0.15) is 11.3 Å². The average molecular weight is 319 g/mol. The lowest BCUT2D eigenvalue weighted by atomic mass is 9.96. The van der Waals surface area contributed by atoms with Crippen LogP contribution in [0.1, 0.15) is 48.6 Å². The van der Waals surface area contributed by atoms with Crippen molar-refractivity contribution in [3.8, 4) is 0 Å². The predicted molar refractivity (Wildman–Crippen MR) is 89.8 cm³/mol. The molecule has 0 bridgehead atoms. The van der Waals surface area contributed by atoms with Crippen LogP contribution in [-0.2, 0) is 11.2 Å². The van der Waals surface area contributed by atoms with Crippen LogP contribution in [0.15, 0.2) is 34.3 Å². The number of thiophene rings is 2. The first-order valence-corrected chi connectivity index (χ1v) is 9.49. The maximum Gasteiger partial charge on any atom is 0.220 e. The summed E-state index contributed by atoms with van der Waals surface area (Å²) in [6.07, 6.45) is 6.53. The third-order valence-electron chi connectivity index (χ3n) is 4.26. The van der Waals surface area contributed by atoms with E-state index in [1.165, 1.54) is 36.1 Å². The summed E-state index contributed by atoms with van der Waals surface area (Å²) in [6.45, 7) is 0. The summed E-state index contributed by atoms with van der Waals surface area (Å²) in [6, 6.07) is 6.57. The Hall–Kier alpha value is -1.13. The molecule has 21 heavy (non-hydrogen) atoms. The monoisotopic (exact) mass is 319 g/mol. The van der Waals surface area contributed by atoms with Crippen molar-refractivity contribution >= 4 is 28.6 Å². The lowest BCUT2D eigenvalue weighted by molar-refractivity contribution is -0.122. The Morgan fingerprint density at radius 1 is 1.29 bits per heavy atom. The highest BCUT2D eigenvalue weighted by molar-refractivity contribution is 7.10. The molecular formula is C17H21NOS2. The van der Waals surface area contributed by atoms with Crippen LogP contribution in [0, 0.1) is 5.92 Å². The summed E-state index contributed by atoms with van der Waals surface area (Å²) in [5, 5.41) is 9.60. The van der Waals surface area contributed by atoms with Crippen LogP contribution in [0.2, 0.25) is 0 Å². The number of carbonyl (C=O) groups is 1. The molecule has 0 unspecified atom stereocenters. The minimum Gasteiger partial charge on any atom is -0.348 e. The molecule has 1 amide bonds. The zero-order valence-electron chi connectivity index (χ0n) is 12.1. The van der Waals surface area contributed by atoms with Gasteiger partial charge in [0.2, 0.25) is 5.91 Å². The number of hydrogen-bond donors (Lipinski definition) is 1. The van der Waals surface area contributed by atoms with E-state index < -0.39 is 0 Å². The molecule has 0 spiro atoms. The van der Waals surface area contributed by atoms with Gasteiger partial charge in [-0.25, -0.2) is 0 Å². The number of carbonyl (C=O) groups excluding carboxylic acids is 1. The Balaban J connectivity index is 1.59. The zero-order valence-corrected chi connectivity index (χ0v) is 13.7. The number of nitrogens with one attached hydrogen (secondary N) is 1. The normalized spacial score (nSPS) is 17.0. The summed E-state index contributed by atoms with van der Waals surface area (Å²) in [4.78, 5) is 13.6. The topological polar surface area (TPSA) is 29.1 Å². The fraction of sp³-hybridized carbons (Fsp3) is 0.471. The van der Waals surface area contributed by atoms with E-state index in [2.05, 4.69) is 39.7 Å². The van der Waals surface area contributed by atoms with Crippen LogP contribution >= 0.6 is 22.7 Å². The molecule has 4 heteroatoms. The van der Waals surface area contributed by atoms with Crippen LogP contribution in [0.4, 0.5) is 0 Å². The zero-order chi connectivity index (χ0) is 14.5. The maximum atomic E-state index is 12.3. The first kappa shape index (κ1) is 14.8. The van der Waals surface area contributed by atoms with Gasteiger partial charge in [0.15, 0.2) is 0 Å². The largest absolute Gasteiger partial charge is 0.348 e. The van der Waals surface area contributed by atoms with Gasteiger partial charge in [-0.05, 0) is 59.0 Å². The molecule has 1 aliphatic carbocycles. The standard InChI is InChI=1S/C17H21NOS2/c19-16(8-7-13-9-11-20-12-13)18-17(14-4-1-2-5-14)15-6-3-10-21-15/h3,6,9-12,14,17H,1-2,4-5,7-8H2,(H,18,19)/t17-/m1/s1. The smallest absolute Gasteiger partial charge is 0.220 e. The average Bonchev–Trinajstić information content (AvgIpc) is 3.26. The van der Waals surface area contributed by atoms with Crippen molar-refractivity contribution in [2.75, 3.05) is 0 Å². The van der Waals surface area contributed by atoms with Gasteiger partial charge in [-0.15, -0.1) is 11.3 Å². The molecule has 2 aromatic rings. The van der Waals surface area contributed by atoms with Gasteiger partial charge >= 0.3 is 0 Å². The Morgan fingerprint density at radius 2 is 2.14 bits per heavy atom. The summed E-state index contributed by atoms with van der Waals surface area (Å²) in [5.41, 5.74) is 1.27. The predicted octanol–water partition coefficient (Wildman–Crippen LogP) is 4.79. The fourth-order valence-electron chi connectivity index (χ4n) is 3.12. The first-order valence-electron chi connectivity index (χ1n) is 7.67. The minimum absolute atomic E-state index is 0.187. The lowest BCUT2D eigenvalue weighted by Gasteiger charge is -2.23. The van der Waals surface area contributed by atoms with Gasteiger partial charge in [0.25, 0.3) is 0 Å². The van der Waals surface area contributed by atoms with Gasteiger partial charge in [-0.3, -0.25) is 4.79 Å². The van der Waals surface area contributed by atoms with Crippen molar-refractivity contribution in [3.05, 3.63) is 44.8 Å². The summed E-state index contributed by atoms with van der Waals surface area (Å²) < 4.78 is 0. The van der Waals surface area contributed by atoms with Crippen LogP contribution < -0.4 is 5.32 Å². The maximum absolute atomic E-state index is 12.3. The van der Waals surface area contributed by atoms with Crippen molar-refractivity contribution in [1.29, 1.82) is 0 Å².